The van der Waals surface area contributed by atoms with Gasteiger partial charge in [0, 0.05) is 31.2 Å². The van der Waals surface area contributed by atoms with Crippen molar-refractivity contribution >= 4 is 23.4 Å². The zero-order valence-corrected chi connectivity index (χ0v) is 24.1. The molecule has 2 aromatic rings. The smallest absolute Gasteiger partial charge is 0.247 e. The number of carbonyl (C=O) groups is 2. The lowest BCUT2D eigenvalue weighted by Crippen LogP contribution is -2.41. The Morgan fingerprint density at radius 1 is 1.00 bits per heavy atom. The van der Waals surface area contributed by atoms with Crippen molar-refractivity contribution in [2.24, 2.45) is 0 Å². The summed E-state index contributed by atoms with van der Waals surface area (Å²) in [5.41, 5.74) is 2.87. The van der Waals surface area contributed by atoms with Gasteiger partial charge in [0.2, 0.25) is 11.8 Å². The van der Waals surface area contributed by atoms with Crippen molar-refractivity contribution in [2.75, 3.05) is 19.8 Å². The van der Waals surface area contributed by atoms with Gasteiger partial charge in [-0.3, -0.25) is 9.59 Å². The molecule has 0 heterocycles. The first-order valence-corrected chi connectivity index (χ1v) is 13.4. The summed E-state index contributed by atoms with van der Waals surface area (Å²) in [5.74, 6) is -0.189. The second-order valence-corrected chi connectivity index (χ2v) is 11.9. The van der Waals surface area contributed by atoms with Crippen LogP contribution in [0.3, 0.4) is 0 Å². The number of carbonyl (C=O) groups excluding carboxylic acids is 2. The SMILES string of the molecule is CCOCCCNC(=O)C(NC(=O)CCc1cc(C(C)(C)C)c(O)c(C(C)(C)C)c1)c1ccc(Cl)cc1. The number of phenolic OH excluding ortho intramolecular Hbond substituents is 1. The summed E-state index contributed by atoms with van der Waals surface area (Å²) in [6.45, 7) is 16.0. The normalized spacial score (nSPS) is 12.8. The maximum Gasteiger partial charge on any atom is 0.247 e. The van der Waals surface area contributed by atoms with Gasteiger partial charge in [0.05, 0.1) is 0 Å². The highest BCUT2D eigenvalue weighted by atomic mass is 35.5. The molecule has 2 rings (SSSR count). The molecule has 2 amide bonds. The Morgan fingerprint density at radius 3 is 2.08 bits per heavy atom. The number of phenols is 1. The molecular formula is C30H43ClN2O4. The standard InChI is InChI=1S/C30H43ClN2O4/c1-8-37-17-9-16-32-28(36)26(21-11-13-22(31)14-12-21)33-25(34)15-10-20-18-23(29(2,3)4)27(35)24(19-20)30(5,6)7/h11-14,18-19,26,35H,8-10,15-17H2,1-7H3,(H,32,36)(H,33,34). The quantitative estimate of drug-likeness (QED) is 0.312. The molecule has 0 aromatic heterocycles. The first kappa shape index (κ1) is 30.7. The van der Waals surface area contributed by atoms with Crippen LogP contribution in [0.4, 0.5) is 0 Å². The Labute approximate surface area is 227 Å². The van der Waals surface area contributed by atoms with Crippen molar-refractivity contribution in [3.63, 3.8) is 0 Å². The van der Waals surface area contributed by atoms with Gasteiger partial charge in [0.1, 0.15) is 11.8 Å². The number of nitrogens with one attached hydrogen (secondary N) is 2. The zero-order valence-electron chi connectivity index (χ0n) is 23.3. The molecule has 0 spiro atoms. The molecule has 0 fully saturated rings. The molecule has 204 valence electrons. The maximum atomic E-state index is 13.0. The van der Waals surface area contributed by atoms with Crippen LogP contribution >= 0.6 is 11.6 Å². The number of amides is 2. The minimum absolute atomic E-state index is 0.208. The number of ether oxygens (including phenoxy) is 1. The van der Waals surface area contributed by atoms with Crippen molar-refractivity contribution in [1.82, 2.24) is 10.6 Å². The Balaban J connectivity index is 2.18. The van der Waals surface area contributed by atoms with Gasteiger partial charge in [-0.2, -0.15) is 0 Å². The van der Waals surface area contributed by atoms with E-state index in [1.54, 1.807) is 24.3 Å². The average molecular weight is 531 g/mol. The summed E-state index contributed by atoms with van der Waals surface area (Å²) in [4.78, 5) is 26.0. The van der Waals surface area contributed by atoms with E-state index in [0.29, 0.717) is 48.9 Å². The first-order chi connectivity index (χ1) is 17.2. The van der Waals surface area contributed by atoms with E-state index in [0.717, 1.165) is 16.7 Å². The highest BCUT2D eigenvalue weighted by Gasteiger charge is 2.27. The van der Waals surface area contributed by atoms with Crippen molar-refractivity contribution in [3.05, 3.63) is 63.7 Å². The van der Waals surface area contributed by atoms with E-state index in [2.05, 4.69) is 52.2 Å². The van der Waals surface area contributed by atoms with Crippen LogP contribution in [0.25, 0.3) is 0 Å². The number of benzene rings is 2. The highest BCUT2D eigenvalue weighted by Crippen LogP contribution is 2.40. The average Bonchev–Trinajstić information content (AvgIpc) is 2.80. The summed E-state index contributed by atoms with van der Waals surface area (Å²) >= 11 is 6.03. The minimum Gasteiger partial charge on any atom is -0.507 e. The molecule has 2 aromatic carbocycles. The molecule has 6 nitrogen and oxygen atoms in total. The lowest BCUT2D eigenvalue weighted by Gasteiger charge is -2.28. The fourth-order valence-corrected chi connectivity index (χ4v) is 4.19. The number of hydrogen-bond acceptors (Lipinski definition) is 4. The van der Waals surface area contributed by atoms with Crippen LogP contribution in [-0.2, 0) is 31.6 Å². The monoisotopic (exact) mass is 530 g/mol. The molecule has 7 heteroatoms. The molecule has 0 aliphatic carbocycles. The summed E-state index contributed by atoms with van der Waals surface area (Å²) in [6, 6.07) is 10.1. The van der Waals surface area contributed by atoms with Gasteiger partial charge >= 0.3 is 0 Å². The predicted octanol–water partition coefficient (Wildman–Crippen LogP) is 5.97. The third-order valence-electron chi connectivity index (χ3n) is 6.17. The summed E-state index contributed by atoms with van der Waals surface area (Å²) < 4.78 is 5.33. The van der Waals surface area contributed by atoms with Gasteiger partial charge < -0.3 is 20.5 Å². The summed E-state index contributed by atoms with van der Waals surface area (Å²) in [7, 11) is 0. The van der Waals surface area contributed by atoms with E-state index in [-0.39, 0.29) is 29.1 Å². The topological polar surface area (TPSA) is 87.7 Å². The van der Waals surface area contributed by atoms with Crippen LogP contribution in [0.15, 0.2) is 36.4 Å². The Bertz CT molecular complexity index is 1020. The molecular weight excluding hydrogens is 488 g/mol. The molecule has 0 aliphatic heterocycles. The molecule has 1 atom stereocenters. The van der Waals surface area contributed by atoms with Gasteiger partial charge in [0.25, 0.3) is 0 Å². The largest absolute Gasteiger partial charge is 0.507 e. The van der Waals surface area contributed by atoms with E-state index < -0.39 is 6.04 Å². The maximum absolute atomic E-state index is 13.0. The molecule has 0 bridgehead atoms. The number of aromatic hydroxyl groups is 1. The van der Waals surface area contributed by atoms with Gasteiger partial charge in [-0.15, -0.1) is 0 Å². The van der Waals surface area contributed by atoms with Crippen LogP contribution in [0.5, 0.6) is 5.75 Å². The fraction of sp³-hybridized carbons (Fsp3) is 0.533. The van der Waals surface area contributed by atoms with Crippen molar-refractivity contribution in [2.45, 2.75) is 84.6 Å². The predicted molar refractivity (Wildman–Crippen MR) is 150 cm³/mol. The van der Waals surface area contributed by atoms with Crippen molar-refractivity contribution < 1.29 is 19.4 Å². The third-order valence-corrected chi connectivity index (χ3v) is 6.42. The second kappa shape index (κ2) is 13.3. The Hall–Kier alpha value is -2.57. The van der Waals surface area contributed by atoms with E-state index in [9.17, 15) is 14.7 Å². The number of hydrogen-bond donors (Lipinski definition) is 3. The van der Waals surface area contributed by atoms with Gasteiger partial charge in [-0.05, 0) is 65.0 Å². The summed E-state index contributed by atoms with van der Waals surface area (Å²) in [6.07, 6.45) is 1.38. The van der Waals surface area contributed by atoms with Gasteiger partial charge in [-0.1, -0.05) is 77.4 Å². The van der Waals surface area contributed by atoms with E-state index in [1.807, 2.05) is 19.1 Å². The minimum atomic E-state index is -0.827. The number of rotatable bonds is 11. The molecule has 0 radical (unpaired) electrons. The number of aryl methyl sites for hydroxylation is 1. The number of halogens is 1. The molecule has 0 aliphatic rings. The third kappa shape index (κ3) is 9.35. The molecule has 1 unspecified atom stereocenters. The molecule has 37 heavy (non-hydrogen) atoms. The summed E-state index contributed by atoms with van der Waals surface area (Å²) in [5, 5.41) is 17.3. The highest BCUT2D eigenvalue weighted by molar-refractivity contribution is 6.30. The lowest BCUT2D eigenvalue weighted by atomic mass is 9.78. The van der Waals surface area contributed by atoms with Crippen molar-refractivity contribution in [1.29, 1.82) is 0 Å². The molecule has 3 N–H and O–H groups in total. The first-order valence-electron chi connectivity index (χ1n) is 13.0. The van der Waals surface area contributed by atoms with Crippen molar-refractivity contribution in [3.8, 4) is 5.75 Å². The Kier molecular flexibility index (Phi) is 11.0. The molecule has 0 saturated carbocycles. The van der Waals surface area contributed by atoms with Crippen LogP contribution in [-0.4, -0.2) is 36.7 Å². The zero-order chi connectivity index (χ0) is 27.8. The van der Waals surface area contributed by atoms with E-state index >= 15 is 0 Å². The Morgan fingerprint density at radius 2 is 1.57 bits per heavy atom. The van der Waals surface area contributed by atoms with Gasteiger partial charge in [-0.25, -0.2) is 0 Å². The van der Waals surface area contributed by atoms with Crippen LogP contribution in [0, 0.1) is 0 Å². The van der Waals surface area contributed by atoms with E-state index in [1.165, 1.54) is 0 Å². The fourth-order valence-electron chi connectivity index (χ4n) is 4.06. The van der Waals surface area contributed by atoms with Crippen LogP contribution < -0.4 is 10.6 Å². The van der Waals surface area contributed by atoms with Crippen LogP contribution in [0.1, 0.15) is 89.6 Å². The lowest BCUT2D eigenvalue weighted by molar-refractivity contribution is -0.129. The van der Waals surface area contributed by atoms with Gasteiger partial charge in [0.15, 0.2) is 0 Å². The second-order valence-electron chi connectivity index (χ2n) is 11.4. The molecule has 0 saturated heterocycles. The van der Waals surface area contributed by atoms with Crippen LogP contribution in [0.2, 0.25) is 5.02 Å². The van der Waals surface area contributed by atoms with E-state index in [4.69, 9.17) is 16.3 Å².